The van der Waals surface area contributed by atoms with Crippen LogP contribution in [0.3, 0.4) is 0 Å². The summed E-state index contributed by atoms with van der Waals surface area (Å²) in [5, 5.41) is 5.77. The number of benzene rings is 1. The van der Waals surface area contributed by atoms with Gasteiger partial charge in [0.05, 0.1) is 24.9 Å². The van der Waals surface area contributed by atoms with Gasteiger partial charge < -0.3 is 9.47 Å². The summed E-state index contributed by atoms with van der Waals surface area (Å²) in [7, 11) is 1.71. The van der Waals surface area contributed by atoms with Crippen LogP contribution in [-0.4, -0.2) is 53.1 Å². The summed E-state index contributed by atoms with van der Waals surface area (Å²) in [6.45, 7) is 4.80. The molecule has 4 rings (SSSR count). The van der Waals surface area contributed by atoms with E-state index in [9.17, 15) is 0 Å². The summed E-state index contributed by atoms with van der Waals surface area (Å²) in [5.41, 5.74) is 1.14. The number of methoxy groups -OCH3 is 1. The highest BCUT2D eigenvalue weighted by Crippen LogP contribution is 2.37. The molecule has 1 aromatic heterocycles. The van der Waals surface area contributed by atoms with E-state index in [1.807, 2.05) is 12.3 Å². The number of piperidine rings is 1. The van der Waals surface area contributed by atoms with Crippen LogP contribution in [0.4, 0.5) is 0 Å². The number of ether oxygens (including phenoxy) is 2. The Morgan fingerprint density at radius 2 is 2.04 bits per heavy atom. The van der Waals surface area contributed by atoms with E-state index < -0.39 is 0 Å². The molecule has 2 saturated heterocycles. The lowest BCUT2D eigenvalue weighted by molar-refractivity contribution is -0.0117. The van der Waals surface area contributed by atoms with E-state index in [0.29, 0.717) is 30.7 Å². The van der Waals surface area contributed by atoms with Crippen molar-refractivity contribution in [3.63, 3.8) is 0 Å². The van der Waals surface area contributed by atoms with E-state index in [4.69, 9.17) is 15.9 Å². The molecule has 2 aliphatic heterocycles. The molecular formula is C22H29N3O2. The average molecular weight is 367 g/mol. The van der Waals surface area contributed by atoms with Gasteiger partial charge in [0.1, 0.15) is 12.4 Å². The predicted octanol–water partition coefficient (Wildman–Crippen LogP) is 3.33. The maximum Gasteiger partial charge on any atom is 0.121 e. The highest BCUT2D eigenvalue weighted by molar-refractivity contribution is 5.80. The van der Waals surface area contributed by atoms with E-state index in [1.165, 1.54) is 12.8 Å². The molecule has 2 aliphatic rings. The first-order valence-electron chi connectivity index (χ1n) is 9.98. The first kappa shape index (κ1) is 18.3. The summed E-state index contributed by atoms with van der Waals surface area (Å²) in [6.07, 6.45) is 12.4. The number of terminal acetylenes is 1. The molecule has 144 valence electrons. The van der Waals surface area contributed by atoms with Gasteiger partial charge in [-0.2, -0.15) is 5.10 Å². The second kappa shape index (κ2) is 7.92. The third kappa shape index (κ3) is 3.83. The lowest BCUT2D eigenvalue weighted by Gasteiger charge is -2.40. The van der Waals surface area contributed by atoms with Crippen molar-refractivity contribution in [1.82, 2.24) is 14.7 Å². The Balaban J connectivity index is 1.39. The Hall–Kier alpha value is -2.03. The van der Waals surface area contributed by atoms with Gasteiger partial charge in [0, 0.05) is 36.6 Å². The third-order valence-corrected chi connectivity index (χ3v) is 6.10. The molecule has 5 nitrogen and oxygen atoms in total. The minimum Gasteiger partial charge on any atom is -0.497 e. The lowest BCUT2D eigenvalue weighted by Crippen LogP contribution is -2.47. The minimum atomic E-state index is 0.340. The van der Waals surface area contributed by atoms with Crippen LogP contribution in [0.2, 0.25) is 0 Å². The van der Waals surface area contributed by atoms with Crippen molar-refractivity contribution in [2.24, 2.45) is 5.92 Å². The Labute approximate surface area is 161 Å². The van der Waals surface area contributed by atoms with Gasteiger partial charge in [-0.15, -0.1) is 6.42 Å². The predicted molar refractivity (Wildman–Crippen MR) is 107 cm³/mol. The van der Waals surface area contributed by atoms with E-state index >= 15 is 0 Å². The van der Waals surface area contributed by atoms with E-state index in [2.05, 4.69) is 39.7 Å². The molecule has 0 unspecified atom stereocenters. The van der Waals surface area contributed by atoms with Gasteiger partial charge in [-0.3, -0.25) is 9.58 Å². The zero-order chi connectivity index (χ0) is 18.8. The Morgan fingerprint density at radius 1 is 1.26 bits per heavy atom. The van der Waals surface area contributed by atoms with Gasteiger partial charge in [0.15, 0.2) is 0 Å². The quantitative estimate of drug-likeness (QED) is 0.704. The molecule has 2 fully saturated rings. The van der Waals surface area contributed by atoms with Crippen LogP contribution in [0.1, 0.15) is 32.6 Å². The zero-order valence-electron chi connectivity index (χ0n) is 16.3. The van der Waals surface area contributed by atoms with Gasteiger partial charge in [-0.1, -0.05) is 12.8 Å². The Kier molecular flexibility index (Phi) is 5.38. The first-order valence-corrected chi connectivity index (χ1v) is 9.98. The van der Waals surface area contributed by atoms with Gasteiger partial charge in [-0.05, 0) is 43.7 Å². The molecular weight excluding hydrogens is 338 g/mol. The molecule has 27 heavy (non-hydrogen) atoms. The smallest absolute Gasteiger partial charge is 0.121 e. The Bertz CT molecular complexity index is 811. The third-order valence-electron chi connectivity index (χ3n) is 6.10. The SMILES string of the molecule is C#CCOC1C[C@@H]2CC[C@@H](C1)N2C[C@@H](C)Cn1ncc2ccc(OC)cc21. The number of rotatable bonds is 7. The van der Waals surface area contributed by atoms with Crippen molar-refractivity contribution >= 4 is 10.9 Å². The monoisotopic (exact) mass is 367 g/mol. The van der Waals surface area contributed by atoms with Gasteiger partial charge >= 0.3 is 0 Å². The number of hydrogen-bond acceptors (Lipinski definition) is 4. The largest absolute Gasteiger partial charge is 0.497 e. The summed E-state index contributed by atoms with van der Waals surface area (Å²) in [5.74, 6) is 4.01. The van der Waals surface area contributed by atoms with Crippen LogP contribution >= 0.6 is 0 Å². The van der Waals surface area contributed by atoms with Gasteiger partial charge in [0.25, 0.3) is 0 Å². The molecule has 0 aliphatic carbocycles. The highest BCUT2D eigenvalue weighted by atomic mass is 16.5. The van der Waals surface area contributed by atoms with Crippen LogP contribution in [0.25, 0.3) is 10.9 Å². The molecule has 1 aromatic carbocycles. The molecule has 0 saturated carbocycles. The normalized spacial score (nSPS) is 26.2. The summed E-state index contributed by atoms with van der Waals surface area (Å²) in [6, 6.07) is 7.42. The molecule has 0 amide bonds. The van der Waals surface area contributed by atoms with Crippen LogP contribution in [0.5, 0.6) is 5.75 Å². The Morgan fingerprint density at radius 3 is 2.74 bits per heavy atom. The molecule has 3 atom stereocenters. The second-order valence-corrected chi connectivity index (χ2v) is 8.05. The minimum absolute atomic E-state index is 0.340. The number of fused-ring (bicyclic) bond motifs is 3. The molecule has 2 aromatic rings. The molecule has 5 heteroatoms. The van der Waals surface area contributed by atoms with Crippen molar-refractivity contribution in [1.29, 1.82) is 0 Å². The molecule has 0 radical (unpaired) electrons. The molecule has 0 spiro atoms. The highest BCUT2D eigenvalue weighted by Gasteiger charge is 2.41. The zero-order valence-corrected chi connectivity index (χ0v) is 16.3. The van der Waals surface area contributed by atoms with Crippen molar-refractivity contribution in [2.45, 2.75) is 57.3 Å². The second-order valence-electron chi connectivity index (χ2n) is 8.05. The fourth-order valence-corrected chi connectivity index (χ4v) is 4.86. The maximum absolute atomic E-state index is 5.83. The summed E-state index contributed by atoms with van der Waals surface area (Å²) >= 11 is 0. The van der Waals surface area contributed by atoms with E-state index in [-0.39, 0.29) is 0 Å². The average Bonchev–Trinajstić information content (AvgIpc) is 3.16. The standard InChI is InChI=1S/C22H29N3O2/c1-4-9-27-21-10-18-6-7-19(11-21)24(18)14-16(2)15-25-22-12-20(26-3)8-5-17(22)13-23-25/h1,5,8,12-13,16,18-19,21H,6-7,9-11,14-15H2,2-3H3/t16-,18+,19+/m1/s1. The number of aromatic nitrogens is 2. The topological polar surface area (TPSA) is 39.5 Å². The van der Waals surface area contributed by atoms with E-state index in [1.54, 1.807) is 7.11 Å². The van der Waals surface area contributed by atoms with Gasteiger partial charge in [-0.25, -0.2) is 0 Å². The summed E-state index contributed by atoms with van der Waals surface area (Å²) < 4.78 is 13.3. The fraction of sp³-hybridized carbons (Fsp3) is 0.591. The van der Waals surface area contributed by atoms with Crippen LogP contribution < -0.4 is 4.74 Å². The number of nitrogens with zero attached hydrogens (tertiary/aromatic N) is 3. The van der Waals surface area contributed by atoms with Crippen molar-refractivity contribution in [2.75, 3.05) is 20.3 Å². The maximum atomic E-state index is 5.83. The van der Waals surface area contributed by atoms with Gasteiger partial charge in [0.2, 0.25) is 0 Å². The first-order chi connectivity index (χ1) is 13.2. The fourth-order valence-electron chi connectivity index (χ4n) is 4.86. The van der Waals surface area contributed by atoms with Crippen molar-refractivity contribution in [3.05, 3.63) is 24.4 Å². The van der Waals surface area contributed by atoms with E-state index in [0.717, 1.165) is 42.6 Å². The van der Waals surface area contributed by atoms with Crippen LogP contribution in [0.15, 0.2) is 24.4 Å². The number of hydrogen-bond donors (Lipinski definition) is 0. The molecule has 0 N–H and O–H groups in total. The van der Waals surface area contributed by atoms with Crippen LogP contribution in [-0.2, 0) is 11.3 Å². The molecule has 2 bridgehead atoms. The summed E-state index contributed by atoms with van der Waals surface area (Å²) in [4.78, 5) is 2.71. The lowest BCUT2D eigenvalue weighted by atomic mass is 9.98. The van der Waals surface area contributed by atoms with Crippen LogP contribution in [0, 0.1) is 18.3 Å². The molecule has 3 heterocycles. The van der Waals surface area contributed by atoms with Crippen molar-refractivity contribution < 1.29 is 9.47 Å². The van der Waals surface area contributed by atoms with Crippen molar-refractivity contribution in [3.8, 4) is 18.1 Å².